The third kappa shape index (κ3) is 5.10. The van der Waals surface area contributed by atoms with Crippen LogP contribution in [0.4, 0.5) is 11.4 Å². The van der Waals surface area contributed by atoms with E-state index in [1.165, 1.54) is 32.4 Å². The van der Waals surface area contributed by atoms with E-state index in [4.69, 9.17) is 21.1 Å². The number of carbonyl (C=O) groups is 1. The number of rotatable bonds is 7. The summed E-state index contributed by atoms with van der Waals surface area (Å²) in [5.41, 5.74) is 1.84. The standard InChI is InChI=1S/C22H21ClN2O5S/c1-14-11-18(25-31(27,28)21-12-16(23)9-10-19(21)29-2)20(30-3)13-17(14)24-22(26)15-7-5-4-6-8-15/h4-13,25H,1-3H3,(H,24,26). The average Bonchev–Trinajstić information content (AvgIpc) is 2.75. The van der Waals surface area contributed by atoms with Crippen LogP contribution in [0.1, 0.15) is 15.9 Å². The zero-order chi connectivity index (χ0) is 22.6. The van der Waals surface area contributed by atoms with Gasteiger partial charge in [-0.05, 0) is 48.9 Å². The summed E-state index contributed by atoms with van der Waals surface area (Å²) in [6, 6.07) is 16.2. The van der Waals surface area contributed by atoms with Gasteiger partial charge in [0.05, 0.1) is 19.9 Å². The van der Waals surface area contributed by atoms with E-state index in [9.17, 15) is 13.2 Å². The molecule has 0 radical (unpaired) electrons. The van der Waals surface area contributed by atoms with Crippen LogP contribution in [-0.2, 0) is 10.0 Å². The molecule has 0 aliphatic heterocycles. The minimum Gasteiger partial charge on any atom is -0.495 e. The Morgan fingerprint density at radius 1 is 0.903 bits per heavy atom. The van der Waals surface area contributed by atoms with Crippen molar-refractivity contribution in [3.05, 3.63) is 76.8 Å². The van der Waals surface area contributed by atoms with E-state index in [0.29, 0.717) is 16.8 Å². The fourth-order valence-corrected chi connectivity index (χ4v) is 4.41. The van der Waals surface area contributed by atoms with Crippen molar-refractivity contribution >= 4 is 38.9 Å². The molecule has 0 bridgehead atoms. The zero-order valence-corrected chi connectivity index (χ0v) is 18.7. The predicted molar refractivity (Wildman–Crippen MR) is 121 cm³/mol. The number of hydrogen-bond acceptors (Lipinski definition) is 5. The molecule has 0 atom stereocenters. The van der Waals surface area contributed by atoms with Crippen LogP contribution < -0.4 is 19.5 Å². The van der Waals surface area contributed by atoms with Crippen molar-refractivity contribution in [2.75, 3.05) is 24.3 Å². The van der Waals surface area contributed by atoms with Gasteiger partial charge in [0.1, 0.15) is 16.4 Å². The molecule has 162 valence electrons. The third-order valence-corrected chi connectivity index (χ3v) is 6.11. The summed E-state index contributed by atoms with van der Waals surface area (Å²) in [6.45, 7) is 1.75. The van der Waals surface area contributed by atoms with Gasteiger partial charge in [-0.15, -0.1) is 0 Å². The molecule has 31 heavy (non-hydrogen) atoms. The van der Waals surface area contributed by atoms with Gasteiger partial charge in [-0.3, -0.25) is 9.52 Å². The first-order valence-electron chi connectivity index (χ1n) is 9.16. The number of anilines is 2. The van der Waals surface area contributed by atoms with Crippen LogP contribution in [0.3, 0.4) is 0 Å². The maximum Gasteiger partial charge on any atom is 0.265 e. The molecule has 0 saturated heterocycles. The lowest BCUT2D eigenvalue weighted by Gasteiger charge is -2.17. The van der Waals surface area contributed by atoms with Crippen LogP contribution in [0.15, 0.2) is 65.6 Å². The zero-order valence-electron chi connectivity index (χ0n) is 17.1. The molecule has 7 nitrogen and oxygen atoms in total. The Bertz CT molecular complexity index is 1210. The molecular weight excluding hydrogens is 440 g/mol. The number of methoxy groups -OCH3 is 2. The van der Waals surface area contributed by atoms with Crippen molar-refractivity contribution in [3.8, 4) is 11.5 Å². The summed E-state index contributed by atoms with van der Waals surface area (Å²) in [5, 5.41) is 3.07. The van der Waals surface area contributed by atoms with Gasteiger partial charge < -0.3 is 14.8 Å². The largest absolute Gasteiger partial charge is 0.495 e. The van der Waals surface area contributed by atoms with E-state index in [1.54, 1.807) is 43.3 Å². The number of aryl methyl sites for hydroxylation is 1. The van der Waals surface area contributed by atoms with Gasteiger partial charge >= 0.3 is 0 Å². The molecule has 3 rings (SSSR count). The summed E-state index contributed by atoms with van der Waals surface area (Å²) in [5.74, 6) is 0.0978. The minimum absolute atomic E-state index is 0.108. The number of halogens is 1. The second-order valence-electron chi connectivity index (χ2n) is 6.59. The van der Waals surface area contributed by atoms with Crippen molar-refractivity contribution in [3.63, 3.8) is 0 Å². The number of carbonyl (C=O) groups excluding carboxylic acids is 1. The molecule has 0 unspecified atom stereocenters. The average molecular weight is 461 g/mol. The first kappa shape index (κ1) is 22.5. The molecule has 3 aromatic rings. The molecule has 0 aromatic heterocycles. The summed E-state index contributed by atoms with van der Waals surface area (Å²) in [4.78, 5) is 12.4. The number of ether oxygens (including phenoxy) is 2. The van der Waals surface area contributed by atoms with Crippen LogP contribution in [-0.4, -0.2) is 28.5 Å². The highest BCUT2D eigenvalue weighted by molar-refractivity contribution is 7.92. The van der Waals surface area contributed by atoms with Gasteiger partial charge in [-0.25, -0.2) is 8.42 Å². The van der Waals surface area contributed by atoms with E-state index in [2.05, 4.69) is 10.0 Å². The fraction of sp³-hybridized carbons (Fsp3) is 0.136. The molecule has 0 saturated carbocycles. The number of sulfonamides is 1. The quantitative estimate of drug-likeness (QED) is 0.532. The highest BCUT2D eigenvalue weighted by atomic mass is 35.5. The Morgan fingerprint density at radius 3 is 2.23 bits per heavy atom. The fourth-order valence-electron chi connectivity index (χ4n) is 2.92. The van der Waals surface area contributed by atoms with Gasteiger partial charge in [-0.1, -0.05) is 29.8 Å². The van der Waals surface area contributed by atoms with Crippen molar-refractivity contribution < 1.29 is 22.7 Å². The van der Waals surface area contributed by atoms with Crippen molar-refractivity contribution in [2.45, 2.75) is 11.8 Å². The summed E-state index contributed by atoms with van der Waals surface area (Å²) in [7, 11) is -1.25. The lowest BCUT2D eigenvalue weighted by Crippen LogP contribution is -2.16. The minimum atomic E-state index is -4.03. The van der Waals surface area contributed by atoms with E-state index in [0.717, 1.165) is 0 Å². The molecule has 0 spiro atoms. The normalized spacial score (nSPS) is 11.0. The molecule has 0 heterocycles. The number of hydrogen-bond donors (Lipinski definition) is 2. The van der Waals surface area contributed by atoms with E-state index < -0.39 is 10.0 Å². The lowest BCUT2D eigenvalue weighted by molar-refractivity contribution is 0.102. The van der Waals surface area contributed by atoms with Crippen molar-refractivity contribution in [1.29, 1.82) is 0 Å². The first-order valence-corrected chi connectivity index (χ1v) is 11.0. The molecule has 0 aliphatic carbocycles. The maximum atomic E-state index is 13.0. The Balaban J connectivity index is 1.93. The number of amides is 1. The van der Waals surface area contributed by atoms with Gasteiger partial charge in [0, 0.05) is 22.3 Å². The smallest absolute Gasteiger partial charge is 0.265 e. The highest BCUT2D eigenvalue weighted by Gasteiger charge is 2.22. The lowest BCUT2D eigenvalue weighted by atomic mass is 10.1. The number of benzene rings is 3. The monoisotopic (exact) mass is 460 g/mol. The first-order chi connectivity index (χ1) is 14.7. The molecule has 0 aliphatic rings. The second kappa shape index (κ2) is 9.28. The second-order valence-corrected chi connectivity index (χ2v) is 8.68. The molecule has 3 aromatic carbocycles. The van der Waals surface area contributed by atoms with Crippen LogP contribution >= 0.6 is 11.6 Å². The Labute approximate surface area is 186 Å². The van der Waals surface area contributed by atoms with E-state index in [1.807, 2.05) is 6.07 Å². The molecule has 1 amide bonds. The van der Waals surface area contributed by atoms with Crippen LogP contribution in [0.2, 0.25) is 5.02 Å². The Kier molecular flexibility index (Phi) is 6.72. The summed E-state index contributed by atoms with van der Waals surface area (Å²) in [6.07, 6.45) is 0. The van der Waals surface area contributed by atoms with Crippen LogP contribution in [0, 0.1) is 6.92 Å². The van der Waals surface area contributed by atoms with Crippen molar-refractivity contribution in [1.82, 2.24) is 0 Å². The Morgan fingerprint density at radius 2 is 1.58 bits per heavy atom. The van der Waals surface area contributed by atoms with Gasteiger partial charge in [-0.2, -0.15) is 0 Å². The van der Waals surface area contributed by atoms with Crippen LogP contribution in [0.5, 0.6) is 11.5 Å². The SMILES string of the molecule is COc1cc(NC(=O)c2ccccc2)c(C)cc1NS(=O)(=O)c1cc(Cl)ccc1OC. The number of nitrogens with one attached hydrogen (secondary N) is 2. The molecule has 0 fully saturated rings. The summed E-state index contributed by atoms with van der Waals surface area (Å²) < 4.78 is 39.0. The van der Waals surface area contributed by atoms with E-state index >= 15 is 0 Å². The van der Waals surface area contributed by atoms with Gasteiger partial charge in [0.25, 0.3) is 15.9 Å². The van der Waals surface area contributed by atoms with Crippen LogP contribution in [0.25, 0.3) is 0 Å². The maximum absolute atomic E-state index is 13.0. The predicted octanol–water partition coefficient (Wildman–Crippen LogP) is 4.72. The topological polar surface area (TPSA) is 93.7 Å². The third-order valence-electron chi connectivity index (χ3n) is 4.49. The van der Waals surface area contributed by atoms with Gasteiger partial charge in [0.2, 0.25) is 0 Å². The van der Waals surface area contributed by atoms with Crippen molar-refractivity contribution in [2.24, 2.45) is 0 Å². The molecule has 9 heteroatoms. The van der Waals surface area contributed by atoms with Gasteiger partial charge in [0.15, 0.2) is 0 Å². The Hall–Kier alpha value is -3.23. The summed E-state index contributed by atoms with van der Waals surface area (Å²) >= 11 is 5.97. The molecule has 2 N–H and O–H groups in total. The van der Waals surface area contributed by atoms with E-state index in [-0.39, 0.29) is 33.0 Å². The molecular formula is C22H21ClN2O5S. The highest BCUT2D eigenvalue weighted by Crippen LogP contribution is 2.35.